The molecule has 0 saturated heterocycles. The number of guanidine groups is 1. The van der Waals surface area contributed by atoms with E-state index in [1.54, 1.807) is 13.2 Å². The smallest absolute Gasteiger partial charge is 0.239 e. The average molecular weight is 291 g/mol. The maximum Gasteiger partial charge on any atom is 0.239 e. The van der Waals surface area contributed by atoms with Crippen LogP contribution >= 0.6 is 0 Å². The molecule has 0 fully saturated rings. The molecule has 0 radical (unpaired) electrons. The Kier molecular flexibility index (Phi) is 6.14. The van der Waals surface area contributed by atoms with Gasteiger partial charge in [-0.25, -0.2) is 0 Å². The summed E-state index contributed by atoms with van der Waals surface area (Å²) in [6, 6.07) is 3.92. The Balaban J connectivity index is 2.43. The first-order valence-electron chi connectivity index (χ1n) is 6.98. The largest absolute Gasteiger partial charge is 0.351 e. The SMILES string of the molecule is CN=C(NCC(=O)NC(C)(C)C)NCc1ncccc1C. The molecule has 1 heterocycles. The highest BCUT2D eigenvalue weighted by molar-refractivity contribution is 5.86. The highest BCUT2D eigenvalue weighted by Gasteiger charge is 2.13. The van der Waals surface area contributed by atoms with E-state index in [1.807, 2.05) is 39.8 Å². The molecule has 0 bridgehead atoms. The van der Waals surface area contributed by atoms with Crippen LogP contribution < -0.4 is 16.0 Å². The zero-order valence-electron chi connectivity index (χ0n) is 13.4. The van der Waals surface area contributed by atoms with Gasteiger partial charge in [0.05, 0.1) is 18.8 Å². The first-order valence-corrected chi connectivity index (χ1v) is 6.98. The van der Waals surface area contributed by atoms with E-state index in [1.165, 1.54) is 0 Å². The zero-order valence-corrected chi connectivity index (χ0v) is 13.4. The van der Waals surface area contributed by atoms with Crippen LogP contribution in [0.25, 0.3) is 0 Å². The molecular formula is C15H25N5O. The summed E-state index contributed by atoms with van der Waals surface area (Å²) in [5, 5.41) is 9.01. The van der Waals surface area contributed by atoms with E-state index in [-0.39, 0.29) is 18.0 Å². The van der Waals surface area contributed by atoms with Gasteiger partial charge in [-0.3, -0.25) is 14.8 Å². The van der Waals surface area contributed by atoms with Crippen LogP contribution in [0.1, 0.15) is 32.0 Å². The van der Waals surface area contributed by atoms with Gasteiger partial charge in [0, 0.05) is 18.8 Å². The van der Waals surface area contributed by atoms with E-state index in [9.17, 15) is 4.79 Å². The third kappa shape index (κ3) is 6.74. The van der Waals surface area contributed by atoms with Crippen molar-refractivity contribution in [2.45, 2.75) is 39.8 Å². The second kappa shape index (κ2) is 7.61. The quantitative estimate of drug-likeness (QED) is 0.570. The van der Waals surface area contributed by atoms with E-state index < -0.39 is 0 Å². The van der Waals surface area contributed by atoms with E-state index in [0.29, 0.717) is 12.5 Å². The highest BCUT2D eigenvalue weighted by atomic mass is 16.2. The van der Waals surface area contributed by atoms with Crippen LogP contribution in [-0.2, 0) is 11.3 Å². The monoisotopic (exact) mass is 291 g/mol. The minimum absolute atomic E-state index is 0.0699. The van der Waals surface area contributed by atoms with Crippen molar-refractivity contribution in [3.05, 3.63) is 29.6 Å². The van der Waals surface area contributed by atoms with Crippen LogP contribution in [0.4, 0.5) is 0 Å². The lowest BCUT2D eigenvalue weighted by atomic mass is 10.1. The molecule has 6 nitrogen and oxygen atoms in total. The minimum atomic E-state index is -0.235. The molecular weight excluding hydrogens is 266 g/mol. The molecule has 1 aromatic rings. The molecule has 0 spiro atoms. The predicted octanol–water partition coefficient (Wildman–Crippen LogP) is 0.970. The first kappa shape index (κ1) is 16.9. The number of amides is 1. The van der Waals surface area contributed by atoms with E-state index in [0.717, 1.165) is 11.3 Å². The number of carbonyl (C=O) groups excluding carboxylic acids is 1. The lowest BCUT2D eigenvalue weighted by Gasteiger charge is -2.21. The van der Waals surface area contributed by atoms with E-state index >= 15 is 0 Å². The third-order valence-electron chi connectivity index (χ3n) is 2.70. The summed E-state index contributed by atoms with van der Waals surface area (Å²) < 4.78 is 0. The molecule has 0 saturated carbocycles. The lowest BCUT2D eigenvalue weighted by Crippen LogP contribution is -2.48. The van der Waals surface area contributed by atoms with Gasteiger partial charge in [-0.15, -0.1) is 0 Å². The summed E-state index contributed by atoms with van der Waals surface area (Å²) in [6.07, 6.45) is 1.76. The van der Waals surface area contributed by atoms with Crippen molar-refractivity contribution in [3.63, 3.8) is 0 Å². The van der Waals surface area contributed by atoms with Gasteiger partial charge in [0.15, 0.2) is 5.96 Å². The number of hydrogen-bond donors (Lipinski definition) is 3. The van der Waals surface area contributed by atoms with Crippen LogP contribution in [-0.4, -0.2) is 36.0 Å². The number of rotatable bonds is 4. The Labute approximate surface area is 126 Å². The van der Waals surface area contributed by atoms with Crippen LogP contribution in [0.2, 0.25) is 0 Å². The Hall–Kier alpha value is -2.11. The first-order chi connectivity index (χ1) is 9.81. The van der Waals surface area contributed by atoms with Crippen molar-refractivity contribution in [3.8, 4) is 0 Å². The minimum Gasteiger partial charge on any atom is -0.351 e. The summed E-state index contributed by atoms with van der Waals surface area (Å²) in [6.45, 7) is 8.59. The Bertz CT molecular complexity index is 505. The number of carbonyl (C=O) groups is 1. The molecule has 0 unspecified atom stereocenters. The molecule has 0 atom stereocenters. The second-order valence-corrected chi connectivity index (χ2v) is 5.84. The molecule has 1 aromatic heterocycles. The number of nitrogens with zero attached hydrogens (tertiary/aromatic N) is 2. The molecule has 3 N–H and O–H groups in total. The van der Waals surface area contributed by atoms with Crippen LogP contribution in [0.3, 0.4) is 0 Å². The molecule has 0 aliphatic carbocycles. The van der Waals surface area contributed by atoms with Gasteiger partial charge in [0.1, 0.15) is 0 Å². The normalized spacial score (nSPS) is 12.0. The molecule has 0 aliphatic rings. The Morgan fingerprint density at radius 3 is 2.62 bits per heavy atom. The van der Waals surface area contributed by atoms with Gasteiger partial charge in [-0.1, -0.05) is 6.07 Å². The summed E-state index contributed by atoms with van der Waals surface area (Å²) in [5.74, 6) is 0.503. The summed E-state index contributed by atoms with van der Waals surface area (Å²) in [7, 11) is 1.67. The van der Waals surface area contributed by atoms with Crippen molar-refractivity contribution >= 4 is 11.9 Å². The van der Waals surface area contributed by atoms with Crippen LogP contribution in [0.5, 0.6) is 0 Å². The van der Waals surface area contributed by atoms with Gasteiger partial charge in [0.25, 0.3) is 0 Å². The van der Waals surface area contributed by atoms with Crippen LogP contribution in [0, 0.1) is 6.92 Å². The Morgan fingerprint density at radius 2 is 2.05 bits per heavy atom. The lowest BCUT2D eigenvalue weighted by molar-refractivity contribution is -0.121. The van der Waals surface area contributed by atoms with Crippen molar-refractivity contribution < 1.29 is 4.79 Å². The topological polar surface area (TPSA) is 78.4 Å². The standard InChI is InChI=1S/C15H25N5O/c1-11-7-6-8-17-12(11)9-18-14(16-5)19-10-13(21)20-15(2,3)4/h6-8H,9-10H2,1-5H3,(H,20,21)(H2,16,18,19). The fraction of sp³-hybridized carbons (Fsp3) is 0.533. The molecule has 0 aromatic carbocycles. The molecule has 21 heavy (non-hydrogen) atoms. The van der Waals surface area contributed by atoms with Gasteiger partial charge >= 0.3 is 0 Å². The maximum absolute atomic E-state index is 11.7. The fourth-order valence-electron chi connectivity index (χ4n) is 1.72. The summed E-state index contributed by atoms with van der Waals surface area (Å²) >= 11 is 0. The van der Waals surface area contributed by atoms with Gasteiger partial charge in [-0.05, 0) is 39.3 Å². The fourth-order valence-corrected chi connectivity index (χ4v) is 1.72. The van der Waals surface area contributed by atoms with E-state index in [2.05, 4.69) is 25.9 Å². The van der Waals surface area contributed by atoms with Crippen molar-refractivity contribution in [1.82, 2.24) is 20.9 Å². The molecule has 116 valence electrons. The average Bonchev–Trinajstić information content (AvgIpc) is 2.38. The van der Waals surface area contributed by atoms with Crippen LogP contribution in [0.15, 0.2) is 23.3 Å². The third-order valence-corrected chi connectivity index (χ3v) is 2.70. The predicted molar refractivity (Wildman–Crippen MR) is 85.1 cm³/mol. The van der Waals surface area contributed by atoms with Gasteiger partial charge in [0.2, 0.25) is 5.91 Å². The van der Waals surface area contributed by atoms with Gasteiger partial charge in [-0.2, -0.15) is 0 Å². The molecule has 6 heteroatoms. The number of pyridine rings is 1. The van der Waals surface area contributed by atoms with Crippen molar-refractivity contribution in [2.75, 3.05) is 13.6 Å². The highest BCUT2D eigenvalue weighted by Crippen LogP contribution is 2.02. The van der Waals surface area contributed by atoms with Crippen molar-refractivity contribution in [2.24, 2.45) is 4.99 Å². The maximum atomic E-state index is 11.7. The number of hydrogen-bond acceptors (Lipinski definition) is 3. The number of aryl methyl sites for hydroxylation is 1. The number of nitrogens with one attached hydrogen (secondary N) is 3. The van der Waals surface area contributed by atoms with E-state index in [4.69, 9.17) is 0 Å². The summed E-state index contributed by atoms with van der Waals surface area (Å²) in [5.41, 5.74) is 1.84. The molecule has 0 aliphatic heterocycles. The molecule has 1 amide bonds. The van der Waals surface area contributed by atoms with Gasteiger partial charge < -0.3 is 16.0 Å². The summed E-state index contributed by atoms with van der Waals surface area (Å²) in [4.78, 5) is 20.1. The number of aliphatic imine (C=N–C) groups is 1. The Morgan fingerprint density at radius 1 is 1.33 bits per heavy atom. The van der Waals surface area contributed by atoms with Crippen molar-refractivity contribution in [1.29, 1.82) is 0 Å². The zero-order chi connectivity index (χ0) is 15.9. The molecule has 1 rings (SSSR count). The number of aromatic nitrogens is 1. The second-order valence-electron chi connectivity index (χ2n) is 5.84.